The molecule has 0 saturated heterocycles. The topological polar surface area (TPSA) is 73.7 Å². The van der Waals surface area contributed by atoms with Gasteiger partial charge in [-0.25, -0.2) is 0 Å². The minimum atomic E-state index is -0.297. The van der Waals surface area contributed by atoms with Crippen molar-refractivity contribution in [3.8, 4) is 11.5 Å². The Labute approximate surface area is 117 Å². The van der Waals surface area contributed by atoms with Gasteiger partial charge in [0.2, 0.25) is 0 Å². The van der Waals surface area contributed by atoms with Crippen molar-refractivity contribution in [3.63, 3.8) is 0 Å². The van der Waals surface area contributed by atoms with Gasteiger partial charge in [0.05, 0.1) is 0 Å². The molecule has 0 spiro atoms. The number of aromatic hydroxyl groups is 2. The second kappa shape index (κ2) is 6.06. The van der Waals surface area contributed by atoms with Gasteiger partial charge >= 0.3 is 0 Å². The highest BCUT2D eigenvalue weighted by Gasteiger charge is 2.13. The van der Waals surface area contributed by atoms with E-state index in [1.165, 1.54) is 18.2 Å². The van der Waals surface area contributed by atoms with Crippen molar-refractivity contribution in [2.24, 2.45) is 0 Å². The van der Waals surface area contributed by atoms with Crippen LogP contribution in [0.4, 0.5) is 0 Å². The Morgan fingerprint density at radius 2 is 2.00 bits per heavy atom. The van der Waals surface area contributed by atoms with Crippen molar-refractivity contribution in [2.75, 3.05) is 13.6 Å². The smallest absolute Gasteiger partial charge is 0.253 e. The molecule has 2 rings (SSSR count). The fourth-order valence-electron chi connectivity index (χ4n) is 1.81. The van der Waals surface area contributed by atoms with Crippen LogP contribution in [0.5, 0.6) is 11.5 Å². The van der Waals surface area contributed by atoms with Gasteiger partial charge in [-0.1, -0.05) is 6.07 Å². The minimum Gasteiger partial charge on any atom is -0.504 e. The number of pyridine rings is 1. The number of nitrogens with zero attached hydrogens (tertiary/aromatic N) is 2. The highest BCUT2D eigenvalue weighted by molar-refractivity contribution is 5.94. The molecule has 0 radical (unpaired) electrons. The molecule has 1 heterocycles. The van der Waals surface area contributed by atoms with Crippen LogP contribution in [0.1, 0.15) is 16.1 Å². The van der Waals surface area contributed by atoms with E-state index in [1.54, 1.807) is 18.1 Å². The molecule has 0 aliphatic heterocycles. The molecular formula is C15H16N2O3. The first-order chi connectivity index (χ1) is 9.58. The Morgan fingerprint density at radius 1 is 1.20 bits per heavy atom. The van der Waals surface area contributed by atoms with Crippen LogP contribution < -0.4 is 0 Å². The monoisotopic (exact) mass is 272 g/mol. The lowest BCUT2D eigenvalue weighted by Gasteiger charge is -2.17. The summed E-state index contributed by atoms with van der Waals surface area (Å²) in [5.41, 5.74) is 1.25. The molecule has 2 aromatic rings. The fourth-order valence-corrected chi connectivity index (χ4v) is 1.81. The van der Waals surface area contributed by atoms with Crippen LogP contribution in [0, 0.1) is 0 Å². The number of rotatable bonds is 4. The number of carbonyl (C=O) groups is 1. The zero-order valence-corrected chi connectivity index (χ0v) is 11.2. The maximum absolute atomic E-state index is 12.1. The summed E-state index contributed by atoms with van der Waals surface area (Å²) in [5, 5.41) is 18.6. The number of amides is 1. The second-order valence-electron chi connectivity index (χ2n) is 4.50. The van der Waals surface area contributed by atoms with Crippen molar-refractivity contribution in [3.05, 3.63) is 53.9 Å². The average molecular weight is 272 g/mol. The summed E-state index contributed by atoms with van der Waals surface area (Å²) in [5.74, 6) is -0.747. The van der Waals surface area contributed by atoms with E-state index < -0.39 is 0 Å². The van der Waals surface area contributed by atoms with Crippen LogP contribution >= 0.6 is 0 Å². The van der Waals surface area contributed by atoms with Crippen LogP contribution in [0.2, 0.25) is 0 Å². The Balaban J connectivity index is 1.99. The van der Waals surface area contributed by atoms with E-state index in [1.807, 2.05) is 18.2 Å². The number of phenols is 2. The Kier molecular flexibility index (Phi) is 4.20. The number of hydrogen-bond donors (Lipinski definition) is 2. The van der Waals surface area contributed by atoms with E-state index >= 15 is 0 Å². The maximum atomic E-state index is 12.1. The molecule has 0 fully saturated rings. The van der Waals surface area contributed by atoms with Gasteiger partial charge in [0, 0.05) is 37.5 Å². The van der Waals surface area contributed by atoms with Crippen LogP contribution in [0.15, 0.2) is 42.6 Å². The second-order valence-corrected chi connectivity index (χ2v) is 4.50. The van der Waals surface area contributed by atoms with Crippen LogP contribution in [-0.4, -0.2) is 39.6 Å². The van der Waals surface area contributed by atoms with Gasteiger partial charge in [0.1, 0.15) is 0 Å². The molecule has 1 aromatic carbocycles. The number of phenolic OH excluding ortho intramolecular Hbond substituents is 2. The molecule has 0 atom stereocenters. The number of carbonyl (C=O) groups excluding carboxylic acids is 1. The molecule has 1 amide bonds. The predicted molar refractivity (Wildman–Crippen MR) is 74.7 cm³/mol. The first kappa shape index (κ1) is 13.9. The van der Waals surface area contributed by atoms with Crippen molar-refractivity contribution >= 4 is 5.91 Å². The molecule has 0 saturated carbocycles. The van der Waals surface area contributed by atoms with Gasteiger partial charge in [-0.15, -0.1) is 0 Å². The van der Waals surface area contributed by atoms with Gasteiger partial charge in [0.25, 0.3) is 5.91 Å². The van der Waals surface area contributed by atoms with Crippen LogP contribution in [-0.2, 0) is 6.42 Å². The number of aromatic nitrogens is 1. The van der Waals surface area contributed by atoms with Crippen LogP contribution in [0.25, 0.3) is 0 Å². The van der Waals surface area contributed by atoms with Crippen molar-refractivity contribution in [1.29, 1.82) is 0 Å². The summed E-state index contributed by atoms with van der Waals surface area (Å²) in [6.07, 6.45) is 2.38. The molecule has 104 valence electrons. The van der Waals surface area contributed by atoms with Gasteiger partial charge < -0.3 is 15.1 Å². The Hall–Kier alpha value is -2.56. The summed E-state index contributed by atoms with van der Waals surface area (Å²) < 4.78 is 0. The number of benzene rings is 1. The quantitative estimate of drug-likeness (QED) is 0.832. The average Bonchev–Trinajstić information content (AvgIpc) is 2.48. The highest BCUT2D eigenvalue weighted by Crippen LogP contribution is 2.25. The third kappa shape index (κ3) is 3.26. The molecule has 0 aliphatic carbocycles. The van der Waals surface area contributed by atoms with Gasteiger partial charge in [0.15, 0.2) is 11.5 Å². The van der Waals surface area contributed by atoms with E-state index in [9.17, 15) is 15.0 Å². The first-order valence-corrected chi connectivity index (χ1v) is 6.25. The van der Waals surface area contributed by atoms with Gasteiger partial charge in [-0.05, 0) is 30.3 Å². The third-order valence-corrected chi connectivity index (χ3v) is 3.00. The summed E-state index contributed by atoms with van der Waals surface area (Å²) in [6, 6.07) is 9.70. The van der Waals surface area contributed by atoms with Crippen molar-refractivity contribution in [1.82, 2.24) is 9.88 Å². The maximum Gasteiger partial charge on any atom is 0.253 e. The fraction of sp³-hybridized carbons (Fsp3) is 0.200. The van der Waals surface area contributed by atoms with E-state index in [2.05, 4.69) is 4.98 Å². The Bertz CT molecular complexity index is 599. The van der Waals surface area contributed by atoms with Crippen LogP contribution in [0.3, 0.4) is 0 Å². The molecule has 20 heavy (non-hydrogen) atoms. The summed E-state index contributed by atoms with van der Waals surface area (Å²) >= 11 is 0. The van der Waals surface area contributed by atoms with Gasteiger partial charge in [-0.3, -0.25) is 9.78 Å². The van der Waals surface area contributed by atoms with Crippen molar-refractivity contribution < 1.29 is 15.0 Å². The summed E-state index contributed by atoms with van der Waals surface area (Å²) in [6.45, 7) is 0.525. The van der Waals surface area contributed by atoms with E-state index in [0.29, 0.717) is 18.5 Å². The number of likely N-dealkylation sites (N-methyl/N-ethyl adjacent to an activating group) is 1. The molecule has 0 bridgehead atoms. The Morgan fingerprint density at radius 3 is 2.65 bits per heavy atom. The van der Waals surface area contributed by atoms with E-state index in [-0.39, 0.29) is 17.4 Å². The molecule has 1 aromatic heterocycles. The molecular weight excluding hydrogens is 256 g/mol. The third-order valence-electron chi connectivity index (χ3n) is 3.00. The molecule has 2 N–H and O–H groups in total. The first-order valence-electron chi connectivity index (χ1n) is 6.25. The lowest BCUT2D eigenvalue weighted by Crippen LogP contribution is -2.28. The zero-order chi connectivity index (χ0) is 14.5. The highest BCUT2D eigenvalue weighted by atomic mass is 16.3. The predicted octanol–water partition coefficient (Wildman–Crippen LogP) is 1.81. The lowest BCUT2D eigenvalue weighted by molar-refractivity contribution is 0.0796. The molecule has 0 unspecified atom stereocenters. The summed E-state index contributed by atoms with van der Waals surface area (Å²) in [7, 11) is 1.69. The minimum absolute atomic E-state index is 0.212. The van der Waals surface area contributed by atoms with E-state index in [0.717, 1.165) is 5.69 Å². The lowest BCUT2D eigenvalue weighted by atomic mass is 10.1. The number of hydrogen-bond acceptors (Lipinski definition) is 4. The van der Waals surface area contributed by atoms with Crippen molar-refractivity contribution in [2.45, 2.75) is 6.42 Å². The zero-order valence-electron chi connectivity index (χ0n) is 11.2. The molecule has 0 aliphatic rings. The normalized spacial score (nSPS) is 10.2. The SMILES string of the molecule is CN(CCc1ccccn1)C(=O)c1ccc(O)c(O)c1. The van der Waals surface area contributed by atoms with E-state index in [4.69, 9.17) is 0 Å². The molecule has 5 heteroatoms. The largest absolute Gasteiger partial charge is 0.504 e. The molecule has 5 nitrogen and oxygen atoms in total. The standard InChI is InChI=1S/C15H16N2O3/c1-17(9-7-12-4-2-3-8-16-12)15(20)11-5-6-13(18)14(19)10-11/h2-6,8,10,18-19H,7,9H2,1H3. The van der Waals surface area contributed by atoms with Gasteiger partial charge in [-0.2, -0.15) is 0 Å². The summed E-state index contributed by atoms with van der Waals surface area (Å²) in [4.78, 5) is 17.9.